The van der Waals surface area contributed by atoms with Gasteiger partial charge in [-0.15, -0.1) is 0 Å². The van der Waals surface area contributed by atoms with E-state index in [4.69, 9.17) is 4.74 Å². The van der Waals surface area contributed by atoms with Gasteiger partial charge in [0.2, 0.25) is 5.91 Å². The Morgan fingerprint density at radius 3 is 2.32 bits per heavy atom. The normalized spacial score (nSPS) is 11.1. The highest BCUT2D eigenvalue weighted by atomic mass is 19.4. The lowest BCUT2D eigenvalue weighted by Gasteiger charge is -2.16. The van der Waals surface area contributed by atoms with Gasteiger partial charge in [-0.25, -0.2) is 4.39 Å². The monoisotopic (exact) mass is 474 g/mol. The standard InChI is InChI=1S/C25H22F4N2O3/c1-15-4-3-5-22(16(15)2)34-13-12-23(32)31-21-11-10-19(14-20(21)25(27,28)29)30-24(33)17-6-8-18(26)9-7-17/h3-11,14H,12-13H2,1-2H3,(H,30,33)(H,31,32). The summed E-state index contributed by atoms with van der Waals surface area (Å²) in [7, 11) is 0. The van der Waals surface area contributed by atoms with Crippen molar-refractivity contribution in [3.63, 3.8) is 0 Å². The molecule has 0 saturated heterocycles. The molecule has 2 amide bonds. The molecular formula is C25H22F4N2O3. The molecule has 3 aromatic rings. The molecule has 0 bridgehead atoms. The summed E-state index contributed by atoms with van der Waals surface area (Å²) in [5, 5.41) is 4.59. The number of hydrogen-bond acceptors (Lipinski definition) is 3. The van der Waals surface area contributed by atoms with Crippen molar-refractivity contribution < 1.29 is 31.9 Å². The minimum Gasteiger partial charge on any atom is -0.493 e. The first-order valence-corrected chi connectivity index (χ1v) is 10.3. The van der Waals surface area contributed by atoms with Crippen LogP contribution in [0.3, 0.4) is 0 Å². The molecule has 0 spiro atoms. The summed E-state index contributed by atoms with van der Waals surface area (Å²) in [6.07, 6.45) is -4.94. The van der Waals surface area contributed by atoms with Gasteiger partial charge in [0.15, 0.2) is 0 Å². The van der Waals surface area contributed by atoms with Crippen LogP contribution in [0.25, 0.3) is 0 Å². The molecule has 0 radical (unpaired) electrons. The highest BCUT2D eigenvalue weighted by Crippen LogP contribution is 2.36. The number of anilines is 2. The SMILES string of the molecule is Cc1cccc(OCCC(=O)Nc2ccc(NC(=O)c3ccc(F)cc3)cc2C(F)(F)F)c1C. The quantitative estimate of drug-likeness (QED) is 0.406. The van der Waals surface area contributed by atoms with E-state index in [1.54, 1.807) is 6.07 Å². The molecule has 0 atom stereocenters. The van der Waals surface area contributed by atoms with Crippen molar-refractivity contribution in [2.75, 3.05) is 17.2 Å². The van der Waals surface area contributed by atoms with Gasteiger partial charge in [0, 0.05) is 11.3 Å². The summed E-state index contributed by atoms with van der Waals surface area (Å²) in [5.41, 5.74) is 0.329. The third-order valence-electron chi connectivity index (χ3n) is 5.10. The third-order valence-corrected chi connectivity index (χ3v) is 5.10. The second-order valence-electron chi connectivity index (χ2n) is 7.56. The van der Waals surface area contributed by atoms with Crippen LogP contribution in [0.4, 0.5) is 28.9 Å². The molecule has 0 fully saturated rings. The van der Waals surface area contributed by atoms with E-state index in [9.17, 15) is 27.2 Å². The molecular weight excluding hydrogens is 452 g/mol. The van der Waals surface area contributed by atoms with Crippen LogP contribution in [0.1, 0.15) is 33.5 Å². The maximum Gasteiger partial charge on any atom is 0.418 e. The maximum absolute atomic E-state index is 13.6. The summed E-state index contributed by atoms with van der Waals surface area (Å²) in [5.74, 6) is -1.30. The maximum atomic E-state index is 13.6. The van der Waals surface area contributed by atoms with Crippen molar-refractivity contribution in [1.82, 2.24) is 0 Å². The third kappa shape index (κ3) is 6.34. The van der Waals surface area contributed by atoms with Crippen LogP contribution in [0.15, 0.2) is 60.7 Å². The molecule has 3 rings (SSSR count). The largest absolute Gasteiger partial charge is 0.493 e. The average Bonchev–Trinajstić information content (AvgIpc) is 2.77. The Kier molecular flexibility index (Phi) is 7.55. The lowest BCUT2D eigenvalue weighted by molar-refractivity contribution is -0.136. The van der Waals surface area contributed by atoms with Crippen LogP contribution in [-0.4, -0.2) is 18.4 Å². The number of carbonyl (C=O) groups excluding carboxylic acids is 2. The Morgan fingerprint density at radius 1 is 0.941 bits per heavy atom. The van der Waals surface area contributed by atoms with E-state index < -0.39 is 35.1 Å². The summed E-state index contributed by atoms with van der Waals surface area (Å²) >= 11 is 0. The van der Waals surface area contributed by atoms with Gasteiger partial charge in [0.25, 0.3) is 5.91 Å². The van der Waals surface area contributed by atoms with Crippen LogP contribution >= 0.6 is 0 Å². The van der Waals surface area contributed by atoms with Gasteiger partial charge in [0.1, 0.15) is 11.6 Å². The fourth-order valence-corrected chi connectivity index (χ4v) is 3.12. The number of alkyl halides is 3. The van der Waals surface area contributed by atoms with Crippen molar-refractivity contribution in [1.29, 1.82) is 0 Å². The van der Waals surface area contributed by atoms with E-state index in [0.29, 0.717) is 5.75 Å². The van der Waals surface area contributed by atoms with Crippen molar-refractivity contribution in [2.45, 2.75) is 26.4 Å². The van der Waals surface area contributed by atoms with Crippen molar-refractivity contribution in [3.05, 3.63) is 88.7 Å². The van der Waals surface area contributed by atoms with Gasteiger partial charge in [-0.1, -0.05) is 12.1 Å². The van der Waals surface area contributed by atoms with E-state index >= 15 is 0 Å². The van der Waals surface area contributed by atoms with E-state index in [2.05, 4.69) is 10.6 Å². The Bertz CT molecular complexity index is 1190. The first kappa shape index (κ1) is 24.8. The topological polar surface area (TPSA) is 67.4 Å². The Hall–Kier alpha value is -3.88. The summed E-state index contributed by atoms with van der Waals surface area (Å²) < 4.78 is 59.4. The second kappa shape index (κ2) is 10.4. The highest BCUT2D eigenvalue weighted by Gasteiger charge is 2.34. The predicted octanol–water partition coefficient (Wildman–Crippen LogP) is 6.12. The zero-order valence-electron chi connectivity index (χ0n) is 18.4. The number of ether oxygens (including phenoxy) is 1. The highest BCUT2D eigenvalue weighted by molar-refractivity contribution is 6.04. The van der Waals surface area contributed by atoms with Gasteiger partial charge in [-0.3, -0.25) is 9.59 Å². The fourth-order valence-electron chi connectivity index (χ4n) is 3.12. The number of carbonyl (C=O) groups is 2. The molecule has 0 aliphatic heterocycles. The van der Waals surface area contributed by atoms with E-state index in [1.165, 1.54) is 18.2 Å². The molecule has 0 unspecified atom stereocenters. The number of nitrogens with one attached hydrogen (secondary N) is 2. The number of hydrogen-bond donors (Lipinski definition) is 2. The molecule has 0 aliphatic rings. The Balaban J connectivity index is 1.67. The van der Waals surface area contributed by atoms with E-state index in [0.717, 1.165) is 35.4 Å². The van der Waals surface area contributed by atoms with Gasteiger partial charge < -0.3 is 15.4 Å². The average molecular weight is 474 g/mol. The minimum atomic E-state index is -4.78. The molecule has 3 aromatic carbocycles. The summed E-state index contributed by atoms with van der Waals surface area (Å²) in [6, 6.07) is 13.1. The zero-order chi connectivity index (χ0) is 24.9. The molecule has 0 aliphatic carbocycles. The van der Waals surface area contributed by atoms with E-state index in [1.807, 2.05) is 26.0 Å². The van der Waals surface area contributed by atoms with Crippen molar-refractivity contribution in [3.8, 4) is 5.75 Å². The number of benzene rings is 3. The molecule has 0 aromatic heterocycles. The lowest BCUT2D eigenvalue weighted by atomic mass is 10.1. The first-order chi connectivity index (χ1) is 16.0. The van der Waals surface area contributed by atoms with Gasteiger partial charge in [-0.05, 0) is 73.5 Å². The number of rotatable bonds is 7. The van der Waals surface area contributed by atoms with Crippen molar-refractivity contribution >= 4 is 23.2 Å². The van der Waals surface area contributed by atoms with Crippen LogP contribution in [-0.2, 0) is 11.0 Å². The summed E-state index contributed by atoms with van der Waals surface area (Å²) in [4.78, 5) is 24.5. The zero-order valence-corrected chi connectivity index (χ0v) is 18.4. The van der Waals surface area contributed by atoms with Crippen LogP contribution in [0.2, 0.25) is 0 Å². The lowest BCUT2D eigenvalue weighted by Crippen LogP contribution is -2.19. The first-order valence-electron chi connectivity index (χ1n) is 10.3. The van der Waals surface area contributed by atoms with Crippen molar-refractivity contribution in [2.24, 2.45) is 0 Å². The van der Waals surface area contributed by atoms with Crippen LogP contribution < -0.4 is 15.4 Å². The summed E-state index contributed by atoms with van der Waals surface area (Å²) in [6.45, 7) is 3.78. The van der Waals surface area contributed by atoms with Gasteiger partial charge in [0.05, 0.1) is 24.3 Å². The van der Waals surface area contributed by atoms with Crippen LogP contribution in [0.5, 0.6) is 5.75 Å². The molecule has 178 valence electrons. The second-order valence-corrected chi connectivity index (χ2v) is 7.56. The Labute approximate surface area is 193 Å². The minimum absolute atomic E-state index is 0.0106. The number of halogens is 4. The fraction of sp³-hybridized carbons (Fsp3) is 0.200. The van der Waals surface area contributed by atoms with Gasteiger partial charge >= 0.3 is 6.18 Å². The van der Waals surface area contributed by atoms with Crippen LogP contribution in [0, 0.1) is 19.7 Å². The number of amides is 2. The molecule has 2 N–H and O–H groups in total. The predicted molar refractivity (Wildman–Crippen MR) is 120 cm³/mol. The van der Waals surface area contributed by atoms with E-state index in [-0.39, 0.29) is 24.3 Å². The smallest absolute Gasteiger partial charge is 0.418 e. The molecule has 0 heterocycles. The number of aryl methyl sites for hydroxylation is 1. The van der Waals surface area contributed by atoms with Gasteiger partial charge in [-0.2, -0.15) is 13.2 Å². The molecule has 0 saturated carbocycles. The molecule has 34 heavy (non-hydrogen) atoms. The molecule has 5 nitrogen and oxygen atoms in total. The molecule has 9 heteroatoms. The Morgan fingerprint density at radius 2 is 1.65 bits per heavy atom.